The van der Waals surface area contributed by atoms with Crippen LogP contribution in [-0.4, -0.2) is 24.1 Å². The lowest BCUT2D eigenvalue weighted by Crippen LogP contribution is -2.03. The van der Waals surface area contributed by atoms with Crippen LogP contribution >= 0.6 is 0 Å². The monoisotopic (exact) mass is 764 g/mol. The number of rotatable bonds is 6. The molecule has 4 aromatic heterocycles. The van der Waals surface area contributed by atoms with E-state index in [-0.39, 0.29) is 0 Å². The molecular formula is C55H34N5. The molecule has 0 atom stereocenters. The largest absolute Gasteiger partial charge is 0.309 e. The number of benzene rings is 8. The maximum absolute atomic E-state index is 5.34. The first kappa shape index (κ1) is 33.9. The molecule has 0 fully saturated rings. The Hall–Kier alpha value is -8.15. The lowest BCUT2D eigenvalue weighted by molar-refractivity contribution is 1.01. The average Bonchev–Trinajstić information content (AvgIpc) is 3.84. The summed E-state index contributed by atoms with van der Waals surface area (Å²) in [6, 6.07) is 73.9. The van der Waals surface area contributed by atoms with Gasteiger partial charge in [-0.1, -0.05) is 140 Å². The molecule has 0 bridgehead atoms. The third kappa shape index (κ3) is 5.52. The number of pyridine rings is 1. The number of hydrogen-bond donors (Lipinski definition) is 0. The number of hydrogen-bond acceptors (Lipinski definition) is 3. The molecule has 0 saturated heterocycles. The van der Waals surface area contributed by atoms with Gasteiger partial charge in [-0.15, -0.1) is 0 Å². The lowest BCUT2D eigenvalue weighted by atomic mass is 10.0. The molecule has 0 saturated carbocycles. The Morgan fingerprint density at radius 1 is 0.383 bits per heavy atom. The molecule has 12 aromatic rings. The van der Waals surface area contributed by atoms with Crippen LogP contribution in [0.3, 0.4) is 0 Å². The molecule has 0 unspecified atom stereocenters. The van der Waals surface area contributed by atoms with Gasteiger partial charge in [-0.25, -0.2) is 9.97 Å². The Kier molecular flexibility index (Phi) is 7.78. The molecule has 5 nitrogen and oxygen atoms in total. The highest BCUT2D eigenvalue weighted by atomic mass is 15.2. The zero-order valence-corrected chi connectivity index (χ0v) is 32.4. The molecule has 12 rings (SSSR count). The van der Waals surface area contributed by atoms with Crippen LogP contribution in [-0.2, 0) is 0 Å². The molecule has 8 aromatic carbocycles. The fourth-order valence-electron chi connectivity index (χ4n) is 8.85. The fourth-order valence-corrected chi connectivity index (χ4v) is 8.85. The Labute approximate surface area is 346 Å². The highest BCUT2D eigenvalue weighted by Gasteiger charge is 2.19. The first-order valence-electron chi connectivity index (χ1n) is 20.2. The van der Waals surface area contributed by atoms with Crippen LogP contribution in [0.4, 0.5) is 0 Å². The van der Waals surface area contributed by atoms with Crippen LogP contribution in [0.5, 0.6) is 0 Å². The molecule has 5 heteroatoms. The molecule has 0 aliphatic rings. The van der Waals surface area contributed by atoms with Crippen LogP contribution in [0.1, 0.15) is 0 Å². The van der Waals surface area contributed by atoms with Crippen molar-refractivity contribution in [2.24, 2.45) is 0 Å². The van der Waals surface area contributed by atoms with E-state index in [1.807, 2.05) is 42.6 Å². The van der Waals surface area contributed by atoms with Crippen molar-refractivity contribution in [3.05, 3.63) is 212 Å². The summed E-state index contributed by atoms with van der Waals surface area (Å²) in [5.74, 6) is 0.619. The molecule has 0 N–H and O–H groups in total. The first-order chi connectivity index (χ1) is 29.7. The van der Waals surface area contributed by atoms with E-state index in [1.165, 1.54) is 27.4 Å². The molecule has 1 radical (unpaired) electrons. The Balaban J connectivity index is 0.962. The predicted octanol–water partition coefficient (Wildman–Crippen LogP) is 13.7. The number of nitrogens with zero attached hydrogens (tertiary/aromatic N) is 5. The maximum Gasteiger partial charge on any atom is 0.235 e. The molecule has 0 aliphatic heterocycles. The van der Waals surface area contributed by atoms with Gasteiger partial charge < -0.3 is 4.57 Å². The van der Waals surface area contributed by atoms with Gasteiger partial charge in [-0.3, -0.25) is 9.55 Å². The van der Waals surface area contributed by atoms with E-state index in [9.17, 15) is 0 Å². The van der Waals surface area contributed by atoms with Crippen LogP contribution < -0.4 is 0 Å². The summed E-state index contributed by atoms with van der Waals surface area (Å²) in [5.41, 5.74) is 14.8. The third-order valence-electron chi connectivity index (χ3n) is 11.7. The number of para-hydroxylation sites is 3. The zero-order valence-electron chi connectivity index (χ0n) is 32.4. The molecule has 0 aliphatic carbocycles. The van der Waals surface area contributed by atoms with Gasteiger partial charge in [0.2, 0.25) is 5.95 Å². The van der Waals surface area contributed by atoms with Crippen LogP contribution in [0, 0.1) is 6.07 Å². The summed E-state index contributed by atoms with van der Waals surface area (Å²) < 4.78 is 4.56. The minimum absolute atomic E-state index is 0.619. The van der Waals surface area contributed by atoms with Crippen LogP contribution in [0.15, 0.2) is 206 Å². The van der Waals surface area contributed by atoms with E-state index in [1.54, 1.807) is 0 Å². The summed E-state index contributed by atoms with van der Waals surface area (Å²) >= 11 is 0. The second-order valence-corrected chi connectivity index (χ2v) is 15.2. The summed E-state index contributed by atoms with van der Waals surface area (Å²) in [6.45, 7) is 0. The van der Waals surface area contributed by atoms with Crippen molar-refractivity contribution in [3.8, 4) is 56.4 Å². The number of aromatic nitrogens is 5. The topological polar surface area (TPSA) is 48.5 Å². The minimum atomic E-state index is 0.619. The minimum Gasteiger partial charge on any atom is -0.309 e. The average molecular weight is 765 g/mol. The first-order valence-corrected chi connectivity index (χ1v) is 20.2. The van der Waals surface area contributed by atoms with Gasteiger partial charge in [0, 0.05) is 55.5 Å². The van der Waals surface area contributed by atoms with Crippen molar-refractivity contribution in [1.29, 1.82) is 0 Å². The van der Waals surface area contributed by atoms with Gasteiger partial charge in [0.05, 0.1) is 39.0 Å². The molecule has 279 valence electrons. The van der Waals surface area contributed by atoms with Gasteiger partial charge in [-0.05, 0) is 83.4 Å². The smallest absolute Gasteiger partial charge is 0.235 e. The van der Waals surface area contributed by atoms with E-state index in [4.69, 9.17) is 15.0 Å². The van der Waals surface area contributed by atoms with E-state index in [0.29, 0.717) is 5.95 Å². The summed E-state index contributed by atoms with van der Waals surface area (Å²) in [7, 11) is 0. The van der Waals surface area contributed by atoms with Gasteiger partial charge in [0.25, 0.3) is 0 Å². The highest BCUT2D eigenvalue weighted by Crippen LogP contribution is 2.39. The van der Waals surface area contributed by atoms with Crippen molar-refractivity contribution in [1.82, 2.24) is 24.1 Å². The van der Waals surface area contributed by atoms with E-state index >= 15 is 0 Å². The fraction of sp³-hybridized carbons (Fsp3) is 0. The Bertz CT molecular complexity index is 3570. The van der Waals surface area contributed by atoms with E-state index in [2.05, 4.69) is 179 Å². The predicted molar refractivity (Wildman–Crippen MR) is 247 cm³/mol. The van der Waals surface area contributed by atoms with Crippen molar-refractivity contribution in [2.75, 3.05) is 0 Å². The third-order valence-corrected chi connectivity index (χ3v) is 11.7. The lowest BCUT2D eigenvalue weighted by Gasteiger charge is -2.12. The van der Waals surface area contributed by atoms with Gasteiger partial charge >= 0.3 is 0 Å². The summed E-state index contributed by atoms with van der Waals surface area (Å²) in [6.07, 6.45) is 1.94. The van der Waals surface area contributed by atoms with Crippen molar-refractivity contribution in [2.45, 2.75) is 0 Å². The Morgan fingerprint density at radius 3 is 1.63 bits per heavy atom. The second kappa shape index (κ2) is 13.8. The molecule has 0 amide bonds. The standard InChI is InChI=1S/C55H34N5/c1-3-13-36(14-4-1)41-27-30-48(56-35-41)37-23-25-38(26-24-37)54-45-19-7-10-20-49(45)57-55(58-54)60-51-22-12-9-18-44(51)47-34-40(29-32-53(47)60)39-28-31-52-46(33-39)43-17-8-11-21-50(43)59(52)42-15-5-2-6-16-42/h1-18,20-35H. The highest BCUT2D eigenvalue weighted by molar-refractivity contribution is 6.12. The number of fused-ring (bicyclic) bond motifs is 7. The zero-order chi connectivity index (χ0) is 39.6. The normalized spacial score (nSPS) is 11.7. The van der Waals surface area contributed by atoms with Crippen molar-refractivity contribution < 1.29 is 0 Å². The molecule has 60 heavy (non-hydrogen) atoms. The second-order valence-electron chi connectivity index (χ2n) is 15.2. The SMILES string of the molecule is [c]1cccc2nc(-n3c4ccccc4c4cc(-c5ccc6c(c5)c5ccccc5n6-c5ccccc5)ccc43)nc(-c3ccc(-c4ccc(-c5ccccc5)cn4)cc3)c12. The van der Waals surface area contributed by atoms with Crippen LogP contribution in [0.25, 0.3) is 111 Å². The quantitative estimate of drug-likeness (QED) is 0.169. The summed E-state index contributed by atoms with van der Waals surface area (Å²) in [5, 5.41) is 5.65. The molecule has 4 heterocycles. The van der Waals surface area contributed by atoms with E-state index in [0.717, 1.165) is 77.6 Å². The van der Waals surface area contributed by atoms with Gasteiger partial charge in [-0.2, -0.15) is 0 Å². The Morgan fingerprint density at radius 2 is 0.950 bits per heavy atom. The van der Waals surface area contributed by atoms with E-state index < -0.39 is 0 Å². The summed E-state index contributed by atoms with van der Waals surface area (Å²) in [4.78, 5) is 15.3. The molecule has 0 spiro atoms. The molecular weight excluding hydrogens is 731 g/mol. The van der Waals surface area contributed by atoms with Crippen molar-refractivity contribution in [3.63, 3.8) is 0 Å². The van der Waals surface area contributed by atoms with Gasteiger partial charge in [0.15, 0.2) is 0 Å². The van der Waals surface area contributed by atoms with Gasteiger partial charge in [0.1, 0.15) is 0 Å². The maximum atomic E-state index is 5.34. The van der Waals surface area contributed by atoms with Crippen molar-refractivity contribution >= 4 is 54.5 Å². The van der Waals surface area contributed by atoms with Crippen LogP contribution in [0.2, 0.25) is 0 Å².